The van der Waals surface area contributed by atoms with Gasteiger partial charge in [-0.1, -0.05) is 0 Å². The summed E-state index contributed by atoms with van der Waals surface area (Å²) in [6.07, 6.45) is 2.38. The maximum absolute atomic E-state index is 10.9. The van der Waals surface area contributed by atoms with Gasteiger partial charge in [-0.25, -0.2) is 19.6 Å². The molecule has 9 nitrogen and oxygen atoms in total. The maximum atomic E-state index is 10.9. The summed E-state index contributed by atoms with van der Waals surface area (Å²) in [5.41, 5.74) is 0. The highest BCUT2D eigenvalue weighted by Crippen LogP contribution is 2.64. The minimum absolute atomic E-state index is 0.533. The lowest BCUT2D eigenvalue weighted by Crippen LogP contribution is -2.45. The molecule has 0 aliphatic heterocycles. The standard InChI is InChI=1S/C4H9N3O6P2/c8-14(9,10)4(15(11,12)13)1-7-3-5-2-6-7/h2-4H,1H2,(H4,8,9,10,11,12,13)/p+1. The second kappa shape index (κ2) is 4.32. The quantitative estimate of drug-likeness (QED) is 0.274. The number of rotatable bonds is 4. The molecule has 0 aromatic carbocycles. The van der Waals surface area contributed by atoms with Gasteiger partial charge in [0.2, 0.25) is 6.33 Å². The summed E-state index contributed by atoms with van der Waals surface area (Å²) < 4.78 is 1.07. The van der Waals surface area contributed by atoms with Crippen molar-refractivity contribution < 1.29 is 34.0 Å². The van der Waals surface area contributed by atoms with Crippen LogP contribution in [0.25, 0.3) is 0 Å². The predicted molar refractivity (Wildman–Crippen MR) is 45.3 cm³/mol. The molecule has 0 saturated carbocycles. The van der Waals surface area contributed by atoms with Crippen molar-refractivity contribution in [2.45, 2.75) is 11.9 Å². The van der Waals surface area contributed by atoms with Crippen LogP contribution in [-0.2, 0) is 6.54 Å². The minimum Gasteiger partial charge on any atom is -0.628 e. The summed E-state index contributed by atoms with van der Waals surface area (Å²) in [5.74, 6) is 0. The van der Waals surface area contributed by atoms with E-state index in [9.17, 15) is 9.79 Å². The highest BCUT2D eigenvalue weighted by atomic mass is 31.3. The number of nitrogens with zero attached hydrogens (tertiary/aromatic N) is 2. The van der Waals surface area contributed by atoms with Gasteiger partial charge in [0.1, 0.15) is 0 Å². The van der Waals surface area contributed by atoms with E-state index >= 15 is 0 Å². The van der Waals surface area contributed by atoms with Crippen molar-refractivity contribution >= 4 is 15.9 Å². The van der Waals surface area contributed by atoms with Gasteiger partial charge in [0, 0.05) is 0 Å². The van der Waals surface area contributed by atoms with Crippen LogP contribution in [-0.4, -0.2) is 35.1 Å². The van der Waals surface area contributed by atoms with Gasteiger partial charge < -0.3 is 9.79 Å². The molecule has 0 aliphatic carbocycles. The molecule has 0 radical (unpaired) electrons. The van der Waals surface area contributed by atoms with E-state index in [1.54, 1.807) is 0 Å². The van der Waals surface area contributed by atoms with Gasteiger partial charge in [0.15, 0.2) is 6.54 Å². The number of aromatic amines is 1. The van der Waals surface area contributed by atoms with Gasteiger partial charge in [0.25, 0.3) is 15.9 Å². The van der Waals surface area contributed by atoms with Gasteiger partial charge in [-0.3, -0.25) is 0 Å². The summed E-state index contributed by atoms with van der Waals surface area (Å²) in [5, 5.41) is 0.371. The summed E-state index contributed by atoms with van der Waals surface area (Å²) in [6.45, 7) is -0.533. The molecule has 1 aromatic heterocycles. The third-order valence-electron chi connectivity index (χ3n) is 1.64. The Balaban J connectivity index is 2.84. The van der Waals surface area contributed by atoms with Crippen LogP contribution in [0, 0.1) is 0 Å². The number of hydrogen-bond donors (Lipinski definition) is 5. The second-order valence-electron chi connectivity index (χ2n) is 2.83. The van der Waals surface area contributed by atoms with Gasteiger partial charge in [-0.2, -0.15) is 9.78 Å². The van der Waals surface area contributed by atoms with E-state index < -0.39 is 27.8 Å². The summed E-state index contributed by atoms with van der Waals surface area (Å²) in [7, 11) is -9.74. The number of H-pyrrole nitrogens is 1. The lowest BCUT2D eigenvalue weighted by Gasteiger charge is -2.28. The zero-order valence-electron chi connectivity index (χ0n) is 7.33. The van der Waals surface area contributed by atoms with Crippen molar-refractivity contribution in [3.05, 3.63) is 12.7 Å². The fraction of sp³-hybridized carbons (Fsp3) is 0.500. The molecule has 86 valence electrons. The molecule has 1 heterocycles. The third-order valence-corrected chi connectivity index (χ3v) is 5.33. The molecule has 15 heavy (non-hydrogen) atoms. The Labute approximate surface area is 85.4 Å². The van der Waals surface area contributed by atoms with E-state index in [4.69, 9.17) is 19.6 Å². The Morgan fingerprint density at radius 1 is 1.27 bits per heavy atom. The van der Waals surface area contributed by atoms with Crippen LogP contribution in [0.1, 0.15) is 0 Å². The van der Waals surface area contributed by atoms with Crippen LogP contribution < -0.4 is 14.5 Å². The third kappa shape index (κ3) is 3.67. The lowest BCUT2D eigenvalue weighted by molar-refractivity contribution is -0.749. The maximum Gasteiger partial charge on any atom is 0.306 e. The van der Waals surface area contributed by atoms with Crippen molar-refractivity contribution in [1.29, 1.82) is 0 Å². The summed E-state index contributed by atoms with van der Waals surface area (Å²) in [6, 6.07) is 0. The highest BCUT2D eigenvalue weighted by molar-refractivity contribution is 7.75. The van der Waals surface area contributed by atoms with E-state index in [0.29, 0.717) is 0 Å². The topological polar surface area (TPSA) is 160 Å². The molecule has 11 heteroatoms. The van der Waals surface area contributed by atoms with E-state index in [1.807, 2.05) is 0 Å². The van der Waals surface area contributed by atoms with Crippen molar-refractivity contribution in [1.82, 2.24) is 10.1 Å². The molecular weight excluding hydrogens is 248 g/mol. The van der Waals surface area contributed by atoms with Crippen molar-refractivity contribution in [3.63, 3.8) is 0 Å². The van der Waals surface area contributed by atoms with Gasteiger partial charge in [-0.15, -0.1) is 0 Å². The molecule has 0 bridgehead atoms. The van der Waals surface area contributed by atoms with Crippen LogP contribution in [0.4, 0.5) is 0 Å². The Kier molecular flexibility index (Phi) is 3.70. The van der Waals surface area contributed by atoms with Crippen molar-refractivity contribution in [3.8, 4) is 0 Å². The summed E-state index contributed by atoms with van der Waals surface area (Å²) in [4.78, 5) is 60.4. The second-order valence-corrected chi connectivity index (χ2v) is 6.84. The molecule has 0 spiro atoms. The molecule has 5 N–H and O–H groups in total. The van der Waals surface area contributed by atoms with Crippen LogP contribution >= 0.6 is 15.9 Å². The van der Waals surface area contributed by atoms with E-state index in [0.717, 1.165) is 11.0 Å². The van der Waals surface area contributed by atoms with Gasteiger partial charge in [-0.05, 0) is 4.98 Å². The molecule has 0 fully saturated rings. The number of aromatic nitrogens is 3. The van der Waals surface area contributed by atoms with Crippen LogP contribution in [0.5, 0.6) is 0 Å². The Bertz CT molecular complexity index is 291. The Morgan fingerprint density at radius 2 is 1.80 bits per heavy atom. The van der Waals surface area contributed by atoms with Crippen molar-refractivity contribution in [2.24, 2.45) is 0 Å². The molecule has 0 saturated heterocycles. The van der Waals surface area contributed by atoms with Gasteiger partial charge in [0.05, 0.1) is 0 Å². The van der Waals surface area contributed by atoms with E-state index in [2.05, 4.69) is 10.1 Å². The molecular formula is C4H10N3O6P2+. The molecule has 0 unspecified atom stereocenters. The molecule has 0 amide bonds. The Morgan fingerprint density at radius 3 is 2.13 bits per heavy atom. The fourth-order valence-electron chi connectivity index (χ4n) is 0.939. The SMILES string of the molecule is [O-][P+](O)(O)C(C[n+]1cnc[nH]1)[P+]([O-])(O)O. The minimum atomic E-state index is -4.87. The zero-order valence-corrected chi connectivity index (χ0v) is 9.12. The normalized spacial score (nSPS) is 13.5. The highest BCUT2D eigenvalue weighted by Gasteiger charge is 2.53. The first-order chi connectivity index (χ1) is 6.71. The van der Waals surface area contributed by atoms with Crippen LogP contribution in [0.3, 0.4) is 0 Å². The van der Waals surface area contributed by atoms with Gasteiger partial charge >= 0.3 is 11.7 Å². The van der Waals surface area contributed by atoms with Crippen LogP contribution in [0.15, 0.2) is 12.7 Å². The van der Waals surface area contributed by atoms with Crippen molar-refractivity contribution in [2.75, 3.05) is 0 Å². The molecule has 0 aliphatic rings. The molecule has 1 rings (SSSR count). The number of hydrogen-bond acceptors (Lipinski definition) is 7. The van der Waals surface area contributed by atoms with E-state index in [-0.39, 0.29) is 0 Å². The monoisotopic (exact) mass is 258 g/mol. The predicted octanol–water partition coefficient (Wildman–Crippen LogP) is -3.76. The Hall–Kier alpha value is -0.240. The average Bonchev–Trinajstić information content (AvgIpc) is 2.46. The first-order valence-electron chi connectivity index (χ1n) is 3.69. The average molecular weight is 258 g/mol. The lowest BCUT2D eigenvalue weighted by atomic mass is 10.7. The zero-order chi connectivity index (χ0) is 11.7. The summed E-state index contributed by atoms with van der Waals surface area (Å²) >= 11 is 0. The van der Waals surface area contributed by atoms with Crippen LogP contribution in [0.2, 0.25) is 0 Å². The number of nitrogens with one attached hydrogen (secondary N) is 1. The smallest absolute Gasteiger partial charge is 0.306 e. The molecule has 1 aromatic rings. The molecule has 0 atom stereocenters. The first-order valence-corrected chi connectivity index (χ1v) is 7.06. The van der Waals surface area contributed by atoms with E-state index in [1.165, 1.54) is 6.33 Å². The first kappa shape index (κ1) is 12.8. The fourth-order valence-corrected chi connectivity index (χ4v) is 3.28. The largest absolute Gasteiger partial charge is 0.628 e.